The lowest BCUT2D eigenvalue weighted by molar-refractivity contribution is -0.115. The maximum absolute atomic E-state index is 13.4. The Hall–Kier alpha value is -2.56. The lowest BCUT2D eigenvalue weighted by Crippen LogP contribution is -2.15. The van der Waals surface area contributed by atoms with E-state index in [1.165, 1.54) is 30.3 Å². The van der Waals surface area contributed by atoms with Crippen molar-refractivity contribution in [3.05, 3.63) is 53.8 Å². The van der Waals surface area contributed by atoms with Crippen LogP contribution in [0.2, 0.25) is 0 Å². The summed E-state index contributed by atoms with van der Waals surface area (Å²) in [6, 6.07) is 10.3. The van der Waals surface area contributed by atoms with Crippen LogP contribution < -0.4 is 11.1 Å². The van der Waals surface area contributed by atoms with Crippen LogP contribution in [-0.2, 0) is 11.2 Å². The number of phenols is 1. The van der Waals surface area contributed by atoms with Gasteiger partial charge >= 0.3 is 0 Å². The normalized spacial score (nSPS) is 10.2. The number of benzene rings is 2. The fourth-order valence-electron chi connectivity index (χ4n) is 1.68. The molecule has 0 fully saturated rings. The lowest BCUT2D eigenvalue weighted by Gasteiger charge is -2.07. The van der Waals surface area contributed by atoms with Crippen molar-refractivity contribution in [3.8, 4) is 5.75 Å². The zero-order valence-corrected chi connectivity index (χ0v) is 10.1. The number of nitrogens with one attached hydrogen (secondary N) is 1. The van der Waals surface area contributed by atoms with E-state index in [0.29, 0.717) is 11.3 Å². The molecule has 0 aliphatic heterocycles. The van der Waals surface area contributed by atoms with Crippen LogP contribution in [0.5, 0.6) is 5.75 Å². The Morgan fingerprint density at radius 2 is 2.05 bits per heavy atom. The van der Waals surface area contributed by atoms with Gasteiger partial charge in [0.15, 0.2) is 0 Å². The van der Waals surface area contributed by atoms with Gasteiger partial charge in [0.25, 0.3) is 0 Å². The van der Waals surface area contributed by atoms with Crippen LogP contribution in [0.15, 0.2) is 42.5 Å². The van der Waals surface area contributed by atoms with E-state index >= 15 is 0 Å². The number of phenolic OH excluding ortho intramolecular Hbond substituents is 1. The Morgan fingerprint density at radius 1 is 1.26 bits per heavy atom. The molecule has 0 unspecified atom stereocenters. The van der Waals surface area contributed by atoms with Gasteiger partial charge in [-0.3, -0.25) is 4.79 Å². The van der Waals surface area contributed by atoms with Crippen LogP contribution in [0.4, 0.5) is 15.8 Å². The highest BCUT2D eigenvalue weighted by atomic mass is 19.1. The summed E-state index contributed by atoms with van der Waals surface area (Å²) in [5.74, 6) is -0.839. The average molecular weight is 260 g/mol. The van der Waals surface area contributed by atoms with Gasteiger partial charge in [-0.05, 0) is 35.9 Å². The molecule has 2 aromatic rings. The first-order valence-corrected chi connectivity index (χ1v) is 5.67. The molecular formula is C14H13FN2O2. The number of carbonyl (C=O) groups is 1. The van der Waals surface area contributed by atoms with E-state index in [1.54, 1.807) is 12.1 Å². The average Bonchev–Trinajstić information content (AvgIpc) is 2.34. The molecule has 2 rings (SSSR count). The minimum absolute atomic E-state index is 0.0443. The Kier molecular flexibility index (Phi) is 3.66. The van der Waals surface area contributed by atoms with Gasteiger partial charge in [-0.1, -0.05) is 12.1 Å². The molecule has 0 radical (unpaired) electrons. The van der Waals surface area contributed by atoms with Crippen LogP contribution in [0, 0.1) is 5.82 Å². The first-order valence-electron chi connectivity index (χ1n) is 5.67. The molecular weight excluding hydrogens is 247 g/mol. The van der Waals surface area contributed by atoms with E-state index in [1.807, 2.05) is 0 Å². The third-order valence-electron chi connectivity index (χ3n) is 2.54. The van der Waals surface area contributed by atoms with Crippen molar-refractivity contribution in [2.75, 3.05) is 11.1 Å². The van der Waals surface area contributed by atoms with E-state index in [9.17, 15) is 14.3 Å². The standard InChI is InChI=1S/C14H13FN2O2/c15-12-5-4-10(16)8-13(12)17-14(19)7-9-2-1-3-11(18)6-9/h1-6,8,18H,7,16H2,(H,17,19). The maximum atomic E-state index is 13.4. The summed E-state index contributed by atoms with van der Waals surface area (Å²) in [5, 5.41) is 11.7. The van der Waals surface area contributed by atoms with Gasteiger partial charge in [0.1, 0.15) is 11.6 Å². The molecule has 98 valence electrons. The molecule has 0 atom stereocenters. The fraction of sp³-hybridized carbons (Fsp3) is 0.0714. The number of carbonyl (C=O) groups excluding carboxylic acids is 1. The largest absolute Gasteiger partial charge is 0.508 e. The minimum atomic E-state index is -0.543. The van der Waals surface area contributed by atoms with Crippen LogP contribution in [0.3, 0.4) is 0 Å². The van der Waals surface area contributed by atoms with Crippen molar-refractivity contribution >= 4 is 17.3 Å². The number of hydrogen-bond donors (Lipinski definition) is 3. The second-order valence-electron chi connectivity index (χ2n) is 4.13. The van der Waals surface area contributed by atoms with Crippen LogP contribution >= 0.6 is 0 Å². The van der Waals surface area contributed by atoms with Crippen LogP contribution in [-0.4, -0.2) is 11.0 Å². The summed E-state index contributed by atoms with van der Waals surface area (Å²) in [6.07, 6.45) is 0.0443. The molecule has 0 aromatic heterocycles. The summed E-state index contributed by atoms with van der Waals surface area (Å²) in [7, 11) is 0. The Labute approximate surface area is 109 Å². The molecule has 0 spiro atoms. The number of hydrogen-bond acceptors (Lipinski definition) is 3. The molecule has 0 saturated heterocycles. The molecule has 0 aliphatic carbocycles. The van der Waals surface area contributed by atoms with Gasteiger partial charge in [-0.15, -0.1) is 0 Å². The van der Waals surface area contributed by atoms with E-state index in [2.05, 4.69) is 5.32 Å². The van der Waals surface area contributed by atoms with E-state index in [0.717, 1.165) is 0 Å². The van der Waals surface area contributed by atoms with E-state index < -0.39 is 5.82 Å². The zero-order valence-electron chi connectivity index (χ0n) is 10.1. The van der Waals surface area contributed by atoms with Gasteiger partial charge in [0.05, 0.1) is 12.1 Å². The van der Waals surface area contributed by atoms with Crippen molar-refractivity contribution in [3.63, 3.8) is 0 Å². The molecule has 19 heavy (non-hydrogen) atoms. The Balaban J connectivity index is 2.07. The number of rotatable bonds is 3. The zero-order chi connectivity index (χ0) is 13.8. The van der Waals surface area contributed by atoms with E-state index in [4.69, 9.17) is 5.73 Å². The molecule has 4 N–H and O–H groups in total. The van der Waals surface area contributed by atoms with Crippen molar-refractivity contribution < 1.29 is 14.3 Å². The summed E-state index contributed by atoms with van der Waals surface area (Å²) in [5.41, 5.74) is 6.58. The highest BCUT2D eigenvalue weighted by Crippen LogP contribution is 2.18. The van der Waals surface area contributed by atoms with Crippen LogP contribution in [0.1, 0.15) is 5.56 Å². The first kappa shape index (κ1) is 12.9. The first-order chi connectivity index (χ1) is 9.04. The summed E-state index contributed by atoms with van der Waals surface area (Å²) >= 11 is 0. The summed E-state index contributed by atoms with van der Waals surface area (Å²) in [4.78, 5) is 11.8. The molecule has 2 aromatic carbocycles. The van der Waals surface area contributed by atoms with E-state index in [-0.39, 0.29) is 23.8 Å². The lowest BCUT2D eigenvalue weighted by atomic mass is 10.1. The van der Waals surface area contributed by atoms with Gasteiger partial charge in [-0.2, -0.15) is 0 Å². The SMILES string of the molecule is Nc1ccc(F)c(NC(=O)Cc2cccc(O)c2)c1. The third kappa shape index (κ3) is 3.45. The highest BCUT2D eigenvalue weighted by molar-refractivity contribution is 5.92. The van der Waals surface area contributed by atoms with Gasteiger partial charge in [0.2, 0.25) is 5.91 Å². The second-order valence-corrected chi connectivity index (χ2v) is 4.13. The van der Waals surface area contributed by atoms with Crippen molar-refractivity contribution in [1.29, 1.82) is 0 Å². The van der Waals surface area contributed by atoms with Gasteiger partial charge in [-0.25, -0.2) is 4.39 Å². The molecule has 4 nitrogen and oxygen atoms in total. The van der Waals surface area contributed by atoms with Crippen molar-refractivity contribution in [2.24, 2.45) is 0 Å². The Bertz CT molecular complexity index is 614. The fourth-order valence-corrected chi connectivity index (χ4v) is 1.68. The molecule has 0 bridgehead atoms. The smallest absolute Gasteiger partial charge is 0.228 e. The molecule has 5 heteroatoms. The Morgan fingerprint density at radius 3 is 2.79 bits per heavy atom. The summed E-state index contributed by atoms with van der Waals surface area (Å²) in [6.45, 7) is 0. The molecule has 0 saturated carbocycles. The number of nitrogen functional groups attached to an aromatic ring is 1. The summed E-state index contributed by atoms with van der Waals surface area (Å²) < 4.78 is 13.4. The number of amides is 1. The van der Waals surface area contributed by atoms with Gasteiger partial charge in [0, 0.05) is 5.69 Å². The second kappa shape index (κ2) is 5.39. The van der Waals surface area contributed by atoms with Crippen LogP contribution in [0.25, 0.3) is 0 Å². The van der Waals surface area contributed by atoms with Crippen molar-refractivity contribution in [2.45, 2.75) is 6.42 Å². The highest BCUT2D eigenvalue weighted by Gasteiger charge is 2.08. The molecule has 0 aliphatic rings. The predicted octanol–water partition coefficient (Wildman–Crippen LogP) is 2.29. The molecule has 1 amide bonds. The van der Waals surface area contributed by atoms with Crippen molar-refractivity contribution in [1.82, 2.24) is 0 Å². The number of aromatic hydroxyl groups is 1. The number of nitrogens with two attached hydrogens (primary N) is 1. The van der Waals surface area contributed by atoms with Gasteiger partial charge < -0.3 is 16.2 Å². The third-order valence-corrected chi connectivity index (χ3v) is 2.54. The maximum Gasteiger partial charge on any atom is 0.228 e. The topological polar surface area (TPSA) is 75.3 Å². The quantitative estimate of drug-likeness (QED) is 0.741. The number of anilines is 2. The minimum Gasteiger partial charge on any atom is -0.508 e. The predicted molar refractivity (Wildman–Crippen MR) is 71.3 cm³/mol. The monoisotopic (exact) mass is 260 g/mol. The molecule has 0 heterocycles. The number of halogens is 1.